The lowest BCUT2D eigenvalue weighted by Gasteiger charge is -2.20. The first kappa shape index (κ1) is 22.6. The third-order valence-electron chi connectivity index (χ3n) is 4.91. The number of amides is 1. The summed E-state index contributed by atoms with van der Waals surface area (Å²) in [5.41, 5.74) is -0.0919. The van der Waals surface area contributed by atoms with Crippen LogP contribution in [-0.4, -0.2) is 51.9 Å². The van der Waals surface area contributed by atoms with Gasteiger partial charge in [0.2, 0.25) is 15.9 Å². The van der Waals surface area contributed by atoms with Crippen LogP contribution < -0.4 is 5.32 Å². The summed E-state index contributed by atoms with van der Waals surface area (Å²) in [7, 11) is -3.65. The van der Waals surface area contributed by atoms with Crippen LogP contribution in [-0.2, 0) is 26.8 Å². The van der Waals surface area contributed by atoms with Gasteiger partial charge in [0.15, 0.2) is 5.82 Å². The Bertz CT molecular complexity index is 1010. The van der Waals surface area contributed by atoms with Crippen LogP contribution in [0.3, 0.4) is 0 Å². The molecule has 9 nitrogen and oxygen atoms in total. The largest absolute Gasteiger partial charge is 0.323 e. The smallest absolute Gasteiger partial charge is 0.246 e. The molecule has 0 bridgehead atoms. The van der Waals surface area contributed by atoms with E-state index in [1.54, 1.807) is 0 Å². The fourth-order valence-corrected chi connectivity index (χ4v) is 5.07. The Labute approximate surface area is 181 Å². The van der Waals surface area contributed by atoms with Crippen molar-refractivity contribution in [3.05, 3.63) is 29.0 Å². The van der Waals surface area contributed by atoms with Crippen LogP contribution in [0.2, 0.25) is 5.02 Å². The van der Waals surface area contributed by atoms with Crippen molar-refractivity contribution >= 4 is 33.2 Å². The Hall–Kier alpha value is -2.04. The first-order valence-electron chi connectivity index (χ1n) is 9.95. The molecule has 1 amide bonds. The van der Waals surface area contributed by atoms with Gasteiger partial charge in [0.05, 0.1) is 15.6 Å². The number of rotatable bonds is 5. The lowest BCUT2D eigenvalue weighted by Crippen LogP contribution is -2.32. The van der Waals surface area contributed by atoms with Gasteiger partial charge in [-0.25, -0.2) is 13.1 Å². The number of nitrogens with one attached hydrogen (secondary N) is 1. The van der Waals surface area contributed by atoms with Crippen LogP contribution in [0.1, 0.15) is 52.3 Å². The van der Waals surface area contributed by atoms with E-state index in [1.807, 2.05) is 20.8 Å². The van der Waals surface area contributed by atoms with E-state index >= 15 is 0 Å². The van der Waals surface area contributed by atoms with Gasteiger partial charge in [-0.3, -0.25) is 4.79 Å². The number of sulfonamides is 1. The van der Waals surface area contributed by atoms with Gasteiger partial charge in [0, 0.05) is 18.5 Å². The second kappa shape index (κ2) is 8.99. The molecule has 3 rings (SSSR count). The molecule has 0 atom stereocenters. The second-order valence-corrected chi connectivity index (χ2v) is 10.8. The molecule has 0 radical (unpaired) electrons. The van der Waals surface area contributed by atoms with Crippen LogP contribution in [0.4, 0.5) is 5.69 Å². The van der Waals surface area contributed by atoms with Crippen LogP contribution in [0.15, 0.2) is 23.1 Å². The van der Waals surface area contributed by atoms with Crippen molar-refractivity contribution < 1.29 is 13.2 Å². The Kier molecular flexibility index (Phi) is 6.78. The second-order valence-electron chi connectivity index (χ2n) is 8.42. The normalized spacial score (nSPS) is 16.3. The first-order valence-corrected chi connectivity index (χ1v) is 11.8. The summed E-state index contributed by atoms with van der Waals surface area (Å²) in [6.45, 7) is 6.73. The predicted molar refractivity (Wildman–Crippen MR) is 114 cm³/mol. The van der Waals surface area contributed by atoms with E-state index in [0.29, 0.717) is 18.9 Å². The van der Waals surface area contributed by atoms with Crippen molar-refractivity contribution in [3.63, 3.8) is 0 Å². The molecule has 0 spiro atoms. The number of carbonyl (C=O) groups excluding carboxylic acids is 1. The maximum absolute atomic E-state index is 13.0. The number of nitrogens with zero attached hydrogens (tertiary/aromatic N) is 5. The molecule has 0 unspecified atom stereocenters. The molecule has 1 aromatic carbocycles. The Balaban J connectivity index is 1.79. The summed E-state index contributed by atoms with van der Waals surface area (Å²) < 4.78 is 29.0. The lowest BCUT2D eigenvalue weighted by atomic mass is 9.96. The molecule has 2 aromatic rings. The van der Waals surface area contributed by atoms with E-state index in [1.165, 1.54) is 27.2 Å². The molecule has 1 aromatic heterocycles. The third kappa shape index (κ3) is 5.16. The molecule has 1 N–H and O–H groups in total. The van der Waals surface area contributed by atoms with Crippen molar-refractivity contribution in [3.8, 4) is 0 Å². The third-order valence-corrected chi connectivity index (χ3v) is 7.14. The number of benzene rings is 1. The predicted octanol–water partition coefficient (Wildman–Crippen LogP) is 2.83. The molecular weight excluding hydrogens is 428 g/mol. The van der Waals surface area contributed by atoms with Crippen molar-refractivity contribution in [2.24, 2.45) is 0 Å². The zero-order valence-electron chi connectivity index (χ0n) is 17.4. The van der Waals surface area contributed by atoms with Crippen LogP contribution in [0.5, 0.6) is 0 Å². The quantitative estimate of drug-likeness (QED) is 0.743. The van der Waals surface area contributed by atoms with E-state index in [-0.39, 0.29) is 27.6 Å². The lowest BCUT2D eigenvalue weighted by molar-refractivity contribution is -0.117. The summed E-state index contributed by atoms with van der Waals surface area (Å²) in [4.78, 5) is 12.7. The minimum atomic E-state index is -3.65. The van der Waals surface area contributed by atoms with Crippen molar-refractivity contribution in [2.45, 2.75) is 63.3 Å². The number of halogens is 1. The monoisotopic (exact) mass is 454 g/mol. The average Bonchev–Trinajstić information content (AvgIpc) is 2.95. The molecule has 1 saturated heterocycles. The fourth-order valence-electron chi connectivity index (χ4n) is 3.37. The van der Waals surface area contributed by atoms with Crippen LogP contribution >= 0.6 is 11.6 Å². The summed E-state index contributed by atoms with van der Waals surface area (Å²) >= 11 is 6.22. The zero-order chi connectivity index (χ0) is 21.9. The molecule has 0 aliphatic carbocycles. The van der Waals surface area contributed by atoms with Crippen molar-refractivity contribution in [1.82, 2.24) is 24.5 Å². The number of carbonyl (C=O) groups is 1. The van der Waals surface area contributed by atoms with Gasteiger partial charge < -0.3 is 5.32 Å². The summed E-state index contributed by atoms with van der Waals surface area (Å²) in [5.74, 6) is 0.167. The molecule has 1 fully saturated rings. The molecule has 0 saturated carbocycles. The highest BCUT2D eigenvalue weighted by atomic mass is 35.5. The highest BCUT2D eigenvalue weighted by Crippen LogP contribution is 2.28. The average molecular weight is 455 g/mol. The topological polar surface area (TPSA) is 110 Å². The standard InChI is InChI=1S/C19H27ClN6O3S/c1-19(2,3)18-22-23-24-26(18)13-17(27)21-16-12-14(8-9-15(16)20)30(28,29)25-10-6-4-5-7-11-25/h8-9,12H,4-7,10-11,13H2,1-3H3,(H,21,27). The zero-order valence-corrected chi connectivity index (χ0v) is 19.0. The van der Waals surface area contributed by atoms with Gasteiger partial charge in [-0.05, 0) is 41.5 Å². The number of hydrogen-bond donors (Lipinski definition) is 1. The fraction of sp³-hybridized carbons (Fsp3) is 0.579. The van der Waals surface area contributed by atoms with Gasteiger partial charge in [-0.2, -0.15) is 4.31 Å². The minimum Gasteiger partial charge on any atom is -0.323 e. The highest BCUT2D eigenvalue weighted by Gasteiger charge is 2.27. The van der Waals surface area contributed by atoms with Crippen LogP contribution in [0.25, 0.3) is 0 Å². The van der Waals surface area contributed by atoms with E-state index < -0.39 is 15.9 Å². The van der Waals surface area contributed by atoms with Gasteiger partial charge in [0.1, 0.15) is 6.54 Å². The Morgan fingerprint density at radius 2 is 1.83 bits per heavy atom. The SMILES string of the molecule is CC(C)(C)c1nnnn1CC(=O)Nc1cc(S(=O)(=O)N2CCCCCC2)ccc1Cl. The Morgan fingerprint density at radius 1 is 1.17 bits per heavy atom. The molecule has 2 heterocycles. The maximum atomic E-state index is 13.0. The maximum Gasteiger partial charge on any atom is 0.246 e. The molecule has 30 heavy (non-hydrogen) atoms. The van der Waals surface area contributed by atoms with Gasteiger partial charge in [0.25, 0.3) is 0 Å². The van der Waals surface area contributed by atoms with Crippen molar-refractivity contribution in [2.75, 3.05) is 18.4 Å². The van der Waals surface area contributed by atoms with Gasteiger partial charge in [-0.15, -0.1) is 5.10 Å². The van der Waals surface area contributed by atoms with E-state index in [9.17, 15) is 13.2 Å². The number of aromatic nitrogens is 4. The van der Waals surface area contributed by atoms with E-state index in [2.05, 4.69) is 20.8 Å². The van der Waals surface area contributed by atoms with Gasteiger partial charge >= 0.3 is 0 Å². The molecule has 164 valence electrons. The Morgan fingerprint density at radius 3 is 2.47 bits per heavy atom. The number of tetrazole rings is 1. The number of hydrogen-bond acceptors (Lipinski definition) is 6. The van der Waals surface area contributed by atoms with E-state index in [0.717, 1.165) is 25.7 Å². The highest BCUT2D eigenvalue weighted by molar-refractivity contribution is 7.89. The molecule has 1 aliphatic heterocycles. The van der Waals surface area contributed by atoms with Crippen LogP contribution in [0, 0.1) is 0 Å². The van der Waals surface area contributed by atoms with Crippen molar-refractivity contribution in [1.29, 1.82) is 0 Å². The number of anilines is 1. The molecule has 1 aliphatic rings. The van der Waals surface area contributed by atoms with Gasteiger partial charge in [-0.1, -0.05) is 45.2 Å². The summed E-state index contributed by atoms with van der Waals surface area (Å²) in [6.07, 6.45) is 3.75. The van der Waals surface area contributed by atoms with E-state index in [4.69, 9.17) is 11.6 Å². The summed E-state index contributed by atoms with van der Waals surface area (Å²) in [5, 5.41) is 14.4. The summed E-state index contributed by atoms with van der Waals surface area (Å²) in [6, 6.07) is 4.36. The molecular formula is C19H27ClN6O3S. The first-order chi connectivity index (χ1) is 14.1. The minimum absolute atomic E-state index is 0.112. The molecule has 11 heteroatoms.